The molecule has 0 radical (unpaired) electrons. The van der Waals surface area contributed by atoms with Gasteiger partial charge in [-0.15, -0.1) is 0 Å². The van der Waals surface area contributed by atoms with Crippen LogP contribution < -0.4 is 4.74 Å². The number of hydrogen-bond acceptors (Lipinski definition) is 1. The maximum Gasteiger partial charge on any atom is 0.119 e. The second-order valence-corrected chi connectivity index (χ2v) is 8.10. The number of ether oxygens (including phenoxy) is 1. The molecule has 0 aromatic heterocycles. The van der Waals surface area contributed by atoms with E-state index in [1.165, 1.54) is 43.4 Å². The van der Waals surface area contributed by atoms with Gasteiger partial charge in [0, 0.05) is 4.47 Å². The fourth-order valence-corrected chi connectivity index (χ4v) is 4.33. The molecule has 0 bridgehead atoms. The minimum atomic E-state index is 0.884. The van der Waals surface area contributed by atoms with Gasteiger partial charge in [-0.25, -0.2) is 0 Å². The lowest BCUT2D eigenvalue weighted by molar-refractivity contribution is 0.415. The molecule has 140 valence electrons. The molecule has 0 atom stereocenters. The number of halogens is 1. The monoisotopic (exact) mass is 438 g/mol. The van der Waals surface area contributed by atoms with Crippen LogP contribution in [0.1, 0.15) is 11.1 Å². The third-order valence-electron chi connectivity index (χ3n) is 5.37. The molecule has 0 N–H and O–H groups in total. The van der Waals surface area contributed by atoms with Gasteiger partial charge in [-0.3, -0.25) is 0 Å². The van der Waals surface area contributed by atoms with E-state index in [1.54, 1.807) is 7.11 Å². The van der Waals surface area contributed by atoms with Gasteiger partial charge in [-0.2, -0.15) is 0 Å². The molecule has 2 heteroatoms. The molecule has 0 aliphatic heterocycles. The largest absolute Gasteiger partial charge is 0.497 e. The Labute approximate surface area is 178 Å². The highest BCUT2D eigenvalue weighted by Gasteiger charge is 2.07. The van der Waals surface area contributed by atoms with Gasteiger partial charge < -0.3 is 4.74 Å². The van der Waals surface area contributed by atoms with Crippen molar-refractivity contribution in [3.63, 3.8) is 0 Å². The summed E-state index contributed by atoms with van der Waals surface area (Å²) in [4.78, 5) is 0. The van der Waals surface area contributed by atoms with Gasteiger partial charge in [0.25, 0.3) is 0 Å². The zero-order valence-corrected chi connectivity index (χ0v) is 17.6. The van der Waals surface area contributed by atoms with Crippen LogP contribution in [0.15, 0.2) is 89.4 Å². The van der Waals surface area contributed by atoms with Gasteiger partial charge in [0.05, 0.1) is 7.11 Å². The van der Waals surface area contributed by atoms with Crippen molar-refractivity contribution < 1.29 is 4.74 Å². The Morgan fingerprint density at radius 3 is 2.17 bits per heavy atom. The van der Waals surface area contributed by atoms with Crippen LogP contribution in [0.4, 0.5) is 0 Å². The normalized spacial score (nSPS) is 11.7. The predicted molar refractivity (Wildman–Crippen MR) is 129 cm³/mol. The smallest absolute Gasteiger partial charge is 0.119 e. The van der Waals surface area contributed by atoms with E-state index < -0.39 is 0 Å². The fraction of sp³-hybridized carbons (Fsp3) is 0.0370. The summed E-state index contributed by atoms with van der Waals surface area (Å²) in [5.74, 6) is 0.884. The summed E-state index contributed by atoms with van der Waals surface area (Å²) < 4.78 is 6.50. The van der Waals surface area contributed by atoms with Gasteiger partial charge in [-0.05, 0) is 73.8 Å². The van der Waals surface area contributed by atoms with Crippen LogP contribution in [0, 0.1) is 0 Å². The number of methoxy groups -OCH3 is 1. The first-order valence-electron chi connectivity index (χ1n) is 9.58. The molecular formula is C27H19BrO. The fourth-order valence-electron chi connectivity index (χ4n) is 3.91. The van der Waals surface area contributed by atoms with Gasteiger partial charge >= 0.3 is 0 Å². The van der Waals surface area contributed by atoms with Crippen molar-refractivity contribution in [2.24, 2.45) is 0 Å². The molecule has 0 saturated carbocycles. The van der Waals surface area contributed by atoms with Crippen LogP contribution in [0.3, 0.4) is 0 Å². The van der Waals surface area contributed by atoms with Gasteiger partial charge in [-0.1, -0.05) is 82.7 Å². The molecule has 0 heterocycles. The van der Waals surface area contributed by atoms with Crippen LogP contribution in [0.5, 0.6) is 5.75 Å². The van der Waals surface area contributed by atoms with Gasteiger partial charge in [0.1, 0.15) is 5.75 Å². The summed E-state index contributed by atoms with van der Waals surface area (Å²) in [5, 5.41) is 7.51. The van der Waals surface area contributed by atoms with Crippen LogP contribution >= 0.6 is 15.9 Å². The Balaban J connectivity index is 1.70. The van der Waals surface area contributed by atoms with Crippen molar-refractivity contribution >= 4 is 60.4 Å². The molecule has 5 rings (SSSR count). The SMILES string of the molecule is COc1ccc2c(ccc3ccc4ccc(/C=C/c5cccc(Br)c5)cc4c32)c1. The molecule has 0 saturated heterocycles. The molecule has 29 heavy (non-hydrogen) atoms. The van der Waals surface area contributed by atoms with Crippen molar-refractivity contribution in [3.8, 4) is 5.75 Å². The second-order valence-electron chi connectivity index (χ2n) is 7.19. The number of benzene rings is 5. The van der Waals surface area contributed by atoms with Crippen molar-refractivity contribution in [3.05, 3.63) is 101 Å². The quantitative estimate of drug-likeness (QED) is 0.204. The van der Waals surface area contributed by atoms with E-state index >= 15 is 0 Å². The lowest BCUT2D eigenvalue weighted by Gasteiger charge is -2.10. The minimum absolute atomic E-state index is 0.884. The third-order valence-corrected chi connectivity index (χ3v) is 5.86. The standard InChI is InChI=1S/C27H19BrO/c1-29-24-13-14-25-22(17-24)12-11-21-10-9-20-8-7-19(16-26(20)27(21)25)6-5-18-3-2-4-23(28)15-18/h2-17H,1H3/b6-5+. The Morgan fingerprint density at radius 2 is 1.38 bits per heavy atom. The molecule has 0 unspecified atom stereocenters. The Hall–Kier alpha value is -3.10. The molecule has 0 aliphatic rings. The Kier molecular flexibility index (Phi) is 4.57. The number of fused-ring (bicyclic) bond motifs is 5. The summed E-state index contributed by atoms with van der Waals surface area (Å²) >= 11 is 3.54. The van der Waals surface area contributed by atoms with E-state index in [9.17, 15) is 0 Å². The lowest BCUT2D eigenvalue weighted by atomic mass is 9.95. The highest BCUT2D eigenvalue weighted by Crippen LogP contribution is 2.34. The Bertz CT molecular complexity index is 1400. The predicted octanol–water partition coefficient (Wildman–Crippen LogP) is 8.09. The summed E-state index contributed by atoms with van der Waals surface area (Å²) in [5.41, 5.74) is 2.37. The molecule has 0 amide bonds. The van der Waals surface area contributed by atoms with E-state index in [4.69, 9.17) is 4.74 Å². The summed E-state index contributed by atoms with van der Waals surface area (Å²) in [6.07, 6.45) is 4.33. The van der Waals surface area contributed by atoms with Crippen LogP contribution in [0.25, 0.3) is 44.5 Å². The first-order valence-corrected chi connectivity index (χ1v) is 10.4. The first kappa shape index (κ1) is 18.0. The van der Waals surface area contributed by atoms with Gasteiger partial charge in [0.15, 0.2) is 0 Å². The van der Waals surface area contributed by atoms with E-state index in [-0.39, 0.29) is 0 Å². The van der Waals surface area contributed by atoms with E-state index in [2.05, 4.69) is 101 Å². The molecule has 5 aromatic carbocycles. The first-order chi connectivity index (χ1) is 14.2. The number of hydrogen-bond donors (Lipinski definition) is 0. The summed E-state index contributed by atoms with van der Waals surface area (Å²) in [6.45, 7) is 0. The maximum atomic E-state index is 5.41. The van der Waals surface area contributed by atoms with E-state index in [1.807, 2.05) is 12.1 Å². The van der Waals surface area contributed by atoms with Crippen LogP contribution in [0.2, 0.25) is 0 Å². The molecule has 0 fully saturated rings. The highest BCUT2D eigenvalue weighted by atomic mass is 79.9. The van der Waals surface area contributed by atoms with Gasteiger partial charge in [0.2, 0.25) is 0 Å². The average molecular weight is 439 g/mol. The van der Waals surface area contributed by atoms with Crippen LogP contribution in [-0.2, 0) is 0 Å². The lowest BCUT2D eigenvalue weighted by Crippen LogP contribution is -1.85. The maximum absolute atomic E-state index is 5.41. The molecule has 1 nitrogen and oxygen atoms in total. The van der Waals surface area contributed by atoms with Crippen molar-refractivity contribution in [1.29, 1.82) is 0 Å². The molecular weight excluding hydrogens is 420 g/mol. The molecule has 5 aromatic rings. The summed E-state index contributed by atoms with van der Waals surface area (Å²) in [6, 6.07) is 30.1. The second kappa shape index (κ2) is 7.38. The Morgan fingerprint density at radius 1 is 0.655 bits per heavy atom. The van der Waals surface area contributed by atoms with E-state index in [0.29, 0.717) is 0 Å². The third kappa shape index (κ3) is 3.41. The van der Waals surface area contributed by atoms with Crippen molar-refractivity contribution in [1.82, 2.24) is 0 Å². The van der Waals surface area contributed by atoms with E-state index in [0.717, 1.165) is 10.2 Å². The molecule has 0 aliphatic carbocycles. The topological polar surface area (TPSA) is 9.23 Å². The molecule has 0 spiro atoms. The van der Waals surface area contributed by atoms with Crippen LogP contribution in [-0.4, -0.2) is 7.11 Å². The zero-order chi connectivity index (χ0) is 19.8. The summed E-state index contributed by atoms with van der Waals surface area (Å²) in [7, 11) is 1.71. The minimum Gasteiger partial charge on any atom is -0.497 e. The van der Waals surface area contributed by atoms with Crippen molar-refractivity contribution in [2.45, 2.75) is 0 Å². The number of rotatable bonds is 3. The average Bonchev–Trinajstić information content (AvgIpc) is 2.76. The zero-order valence-electron chi connectivity index (χ0n) is 16.0. The van der Waals surface area contributed by atoms with Crippen molar-refractivity contribution in [2.75, 3.05) is 7.11 Å². The highest BCUT2D eigenvalue weighted by molar-refractivity contribution is 9.10.